The van der Waals surface area contributed by atoms with Gasteiger partial charge in [-0.1, -0.05) is 13.8 Å². The lowest BCUT2D eigenvalue weighted by Gasteiger charge is -2.34. The third kappa shape index (κ3) is 6.12. The number of piperidine rings is 1. The van der Waals surface area contributed by atoms with Crippen LogP contribution in [0.4, 0.5) is 9.18 Å². The van der Waals surface area contributed by atoms with Crippen LogP contribution in [0, 0.1) is 11.7 Å². The van der Waals surface area contributed by atoms with Crippen LogP contribution in [0.2, 0.25) is 0 Å². The fourth-order valence-electron chi connectivity index (χ4n) is 4.16. The standard InChI is InChI=1S/C25H35FN4O3/c1-17(2)22-21(15-27-30(22)20-9-7-19(26)8-10-20)23(31)29-13-11-18(12-14-29)16-28(6)24(32)33-25(3,4)5/h7-10,15,17-18H,11-14,16H2,1-6H3. The molecule has 1 saturated heterocycles. The van der Waals surface area contributed by atoms with Crippen molar-refractivity contribution in [2.24, 2.45) is 5.92 Å². The predicted molar refractivity (Wildman–Crippen MR) is 125 cm³/mol. The van der Waals surface area contributed by atoms with Gasteiger partial charge in [-0.3, -0.25) is 4.79 Å². The molecule has 8 heteroatoms. The van der Waals surface area contributed by atoms with E-state index in [9.17, 15) is 14.0 Å². The minimum atomic E-state index is -0.520. The number of benzene rings is 1. The molecule has 33 heavy (non-hydrogen) atoms. The number of aromatic nitrogens is 2. The molecule has 7 nitrogen and oxygen atoms in total. The van der Waals surface area contributed by atoms with Crippen LogP contribution in [-0.4, -0.2) is 63.9 Å². The number of carbonyl (C=O) groups is 2. The lowest BCUT2D eigenvalue weighted by molar-refractivity contribution is 0.0246. The van der Waals surface area contributed by atoms with Crippen molar-refractivity contribution in [3.8, 4) is 5.69 Å². The molecule has 0 aliphatic carbocycles. The number of hydrogen-bond acceptors (Lipinski definition) is 4. The molecule has 0 saturated carbocycles. The molecule has 1 aliphatic heterocycles. The Hall–Kier alpha value is -2.90. The molecule has 2 amide bonds. The molecule has 0 spiro atoms. The van der Waals surface area contributed by atoms with E-state index in [0.29, 0.717) is 31.1 Å². The van der Waals surface area contributed by atoms with Gasteiger partial charge in [0, 0.05) is 26.7 Å². The largest absolute Gasteiger partial charge is 0.444 e. The maximum atomic E-state index is 13.3. The van der Waals surface area contributed by atoms with Gasteiger partial charge in [0.15, 0.2) is 0 Å². The zero-order valence-corrected chi connectivity index (χ0v) is 20.5. The number of hydrogen-bond donors (Lipinski definition) is 0. The first kappa shape index (κ1) is 24.7. The van der Waals surface area contributed by atoms with Gasteiger partial charge in [-0.25, -0.2) is 13.9 Å². The summed E-state index contributed by atoms with van der Waals surface area (Å²) in [5.74, 6) is 0.0362. The Labute approximate surface area is 195 Å². The quantitative estimate of drug-likeness (QED) is 0.642. The highest BCUT2D eigenvalue weighted by Crippen LogP contribution is 2.27. The summed E-state index contributed by atoms with van der Waals surface area (Å²) in [5.41, 5.74) is 1.60. The highest BCUT2D eigenvalue weighted by molar-refractivity contribution is 5.95. The van der Waals surface area contributed by atoms with Crippen LogP contribution >= 0.6 is 0 Å². The lowest BCUT2D eigenvalue weighted by atomic mass is 9.95. The van der Waals surface area contributed by atoms with Crippen LogP contribution < -0.4 is 0 Å². The van der Waals surface area contributed by atoms with E-state index in [4.69, 9.17) is 4.74 Å². The summed E-state index contributed by atoms with van der Waals surface area (Å²) in [6, 6.07) is 6.10. The number of halogens is 1. The van der Waals surface area contributed by atoms with Gasteiger partial charge in [-0.15, -0.1) is 0 Å². The van der Waals surface area contributed by atoms with Crippen molar-refractivity contribution in [2.45, 2.75) is 59.0 Å². The topological polar surface area (TPSA) is 67.7 Å². The smallest absolute Gasteiger partial charge is 0.410 e. The van der Waals surface area contributed by atoms with Gasteiger partial charge in [0.05, 0.1) is 23.1 Å². The monoisotopic (exact) mass is 458 g/mol. The SMILES string of the molecule is CC(C)c1c(C(=O)N2CCC(CN(C)C(=O)OC(C)(C)C)CC2)cnn1-c1ccc(F)cc1. The number of amides is 2. The van der Waals surface area contributed by atoms with E-state index in [0.717, 1.165) is 24.2 Å². The van der Waals surface area contributed by atoms with Crippen LogP contribution in [0.3, 0.4) is 0 Å². The molecule has 0 atom stereocenters. The second-order valence-electron chi connectivity index (χ2n) is 10.1. The molecule has 0 radical (unpaired) electrons. The molecule has 180 valence electrons. The van der Waals surface area contributed by atoms with Crippen LogP contribution in [-0.2, 0) is 4.74 Å². The molecule has 0 unspecified atom stereocenters. The number of likely N-dealkylation sites (tertiary alicyclic amines) is 1. The minimum Gasteiger partial charge on any atom is -0.444 e. The summed E-state index contributed by atoms with van der Waals surface area (Å²) in [6.45, 7) is 11.5. The number of carbonyl (C=O) groups excluding carboxylic acids is 2. The van der Waals surface area contributed by atoms with Crippen molar-refractivity contribution in [3.63, 3.8) is 0 Å². The van der Waals surface area contributed by atoms with Crippen LogP contribution in [0.25, 0.3) is 5.69 Å². The number of nitrogens with zero attached hydrogens (tertiary/aromatic N) is 4. The van der Waals surface area contributed by atoms with Crippen LogP contribution in [0.1, 0.15) is 69.4 Å². The molecule has 1 aromatic heterocycles. The highest BCUT2D eigenvalue weighted by atomic mass is 19.1. The second-order valence-corrected chi connectivity index (χ2v) is 10.1. The molecule has 1 aliphatic rings. The van der Waals surface area contributed by atoms with Gasteiger partial charge in [0.25, 0.3) is 5.91 Å². The fourth-order valence-corrected chi connectivity index (χ4v) is 4.16. The van der Waals surface area contributed by atoms with Gasteiger partial charge in [-0.2, -0.15) is 5.10 Å². The Bertz CT molecular complexity index is 971. The van der Waals surface area contributed by atoms with Crippen molar-refractivity contribution in [2.75, 3.05) is 26.7 Å². The van der Waals surface area contributed by atoms with E-state index >= 15 is 0 Å². The molecule has 2 heterocycles. The predicted octanol–water partition coefficient (Wildman–Crippen LogP) is 4.85. The Morgan fingerprint density at radius 2 is 1.79 bits per heavy atom. The molecule has 0 N–H and O–H groups in total. The zero-order valence-electron chi connectivity index (χ0n) is 20.5. The normalized spacial score (nSPS) is 15.1. The minimum absolute atomic E-state index is 0.0361. The number of ether oxygens (including phenoxy) is 1. The van der Waals surface area contributed by atoms with Crippen molar-refractivity contribution < 1.29 is 18.7 Å². The van der Waals surface area contributed by atoms with E-state index in [1.807, 2.05) is 39.5 Å². The third-order valence-corrected chi connectivity index (χ3v) is 5.79. The maximum Gasteiger partial charge on any atom is 0.410 e. The van der Waals surface area contributed by atoms with Crippen molar-refractivity contribution in [1.82, 2.24) is 19.6 Å². The van der Waals surface area contributed by atoms with Gasteiger partial charge in [-0.05, 0) is 69.7 Å². The average Bonchev–Trinajstić information content (AvgIpc) is 3.18. The Morgan fingerprint density at radius 3 is 2.33 bits per heavy atom. The molecule has 1 fully saturated rings. The van der Waals surface area contributed by atoms with Crippen LogP contribution in [0.15, 0.2) is 30.5 Å². The lowest BCUT2D eigenvalue weighted by Crippen LogP contribution is -2.43. The Kier molecular flexibility index (Phi) is 7.44. The van der Waals surface area contributed by atoms with E-state index < -0.39 is 5.60 Å². The molecule has 3 rings (SSSR count). The summed E-state index contributed by atoms with van der Waals surface area (Å²) in [4.78, 5) is 29.1. The summed E-state index contributed by atoms with van der Waals surface area (Å²) < 4.78 is 20.5. The van der Waals surface area contributed by atoms with Crippen molar-refractivity contribution in [3.05, 3.63) is 47.5 Å². The first-order chi connectivity index (χ1) is 15.5. The summed E-state index contributed by atoms with van der Waals surface area (Å²) in [5, 5.41) is 4.44. The second kappa shape index (κ2) is 9.93. The first-order valence-electron chi connectivity index (χ1n) is 11.5. The molecular formula is C25H35FN4O3. The van der Waals surface area contributed by atoms with Crippen molar-refractivity contribution >= 4 is 12.0 Å². The van der Waals surface area contributed by atoms with Gasteiger partial charge in [0.2, 0.25) is 0 Å². The van der Waals surface area contributed by atoms with E-state index in [-0.39, 0.29) is 23.7 Å². The maximum absolute atomic E-state index is 13.3. The van der Waals surface area contributed by atoms with Crippen molar-refractivity contribution in [1.29, 1.82) is 0 Å². The molecule has 2 aromatic rings. The third-order valence-electron chi connectivity index (χ3n) is 5.79. The molecular weight excluding hydrogens is 423 g/mol. The van der Waals surface area contributed by atoms with Gasteiger partial charge >= 0.3 is 6.09 Å². The summed E-state index contributed by atoms with van der Waals surface area (Å²) >= 11 is 0. The molecule has 0 bridgehead atoms. The van der Waals surface area contributed by atoms with E-state index in [1.165, 1.54) is 12.1 Å². The molecule has 1 aromatic carbocycles. The fraction of sp³-hybridized carbons (Fsp3) is 0.560. The first-order valence-corrected chi connectivity index (χ1v) is 11.5. The van der Waals surface area contributed by atoms with Crippen LogP contribution in [0.5, 0.6) is 0 Å². The van der Waals surface area contributed by atoms with Gasteiger partial charge < -0.3 is 14.5 Å². The summed E-state index contributed by atoms with van der Waals surface area (Å²) in [6.07, 6.45) is 2.93. The highest BCUT2D eigenvalue weighted by Gasteiger charge is 2.30. The van der Waals surface area contributed by atoms with Gasteiger partial charge in [0.1, 0.15) is 11.4 Å². The number of rotatable bonds is 5. The Balaban J connectivity index is 1.65. The average molecular weight is 459 g/mol. The van der Waals surface area contributed by atoms with E-state index in [2.05, 4.69) is 5.10 Å². The van der Waals surface area contributed by atoms with E-state index in [1.54, 1.807) is 35.0 Å². The summed E-state index contributed by atoms with van der Waals surface area (Å²) in [7, 11) is 1.75. The Morgan fingerprint density at radius 1 is 1.18 bits per heavy atom. The zero-order chi connectivity index (χ0) is 24.3.